The summed E-state index contributed by atoms with van der Waals surface area (Å²) in [6.07, 6.45) is 1.66. The van der Waals surface area contributed by atoms with E-state index in [1.54, 1.807) is 30.5 Å². The van der Waals surface area contributed by atoms with Gasteiger partial charge in [0, 0.05) is 16.1 Å². The van der Waals surface area contributed by atoms with Gasteiger partial charge in [0.2, 0.25) is 0 Å². The van der Waals surface area contributed by atoms with Gasteiger partial charge in [-0.1, -0.05) is 35.0 Å². The Morgan fingerprint density at radius 2 is 2.10 bits per heavy atom. The molecule has 0 aliphatic heterocycles. The molecule has 3 rings (SSSR count). The summed E-state index contributed by atoms with van der Waals surface area (Å²) < 4.78 is 0. The van der Waals surface area contributed by atoms with E-state index < -0.39 is 5.91 Å². The molecule has 0 radical (unpaired) electrons. The van der Waals surface area contributed by atoms with Crippen molar-refractivity contribution in [2.75, 3.05) is 0 Å². The largest absolute Gasteiger partial charge is 0.364 e. The summed E-state index contributed by atoms with van der Waals surface area (Å²) in [7, 11) is 0. The number of hydrogen-bond acceptors (Lipinski definition) is 3. The number of nitrogens with one attached hydrogen (secondary N) is 1. The maximum absolute atomic E-state index is 11.6. The molecular formula is C14H9Cl2N3OS. The monoisotopic (exact) mass is 337 g/mol. The van der Waals surface area contributed by atoms with Crippen LogP contribution in [0.25, 0.3) is 11.0 Å². The number of amides is 1. The number of nitrogens with zero attached hydrogens (tertiary/aromatic N) is 1. The zero-order valence-corrected chi connectivity index (χ0v) is 12.9. The minimum atomic E-state index is -0.541. The van der Waals surface area contributed by atoms with Gasteiger partial charge in [0.25, 0.3) is 5.91 Å². The number of H-pyrrole nitrogens is 1. The number of hydrogen-bond donors (Lipinski definition) is 2. The van der Waals surface area contributed by atoms with E-state index >= 15 is 0 Å². The van der Waals surface area contributed by atoms with E-state index in [0.29, 0.717) is 26.2 Å². The summed E-state index contributed by atoms with van der Waals surface area (Å²) in [5.41, 5.74) is 7.18. The lowest BCUT2D eigenvalue weighted by Crippen LogP contribution is -2.12. The van der Waals surface area contributed by atoms with Crippen LogP contribution in [0.3, 0.4) is 0 Å². The molecular weight excluding hydrogens is 329 g/mol. The number of aromatic nitrogens is 2. The molecule has 0 aliphatic carbocycles. The highest BCUT2D eigenvalue weighted by Crippen LogP contribution is 2.39. The molecule has 2 aromatic heterocycles. The second-order valence-electron chi connectivity index (χ2n) is 4.27. The van der Waals surface area contributed by atoms with Gasteiger partial charge in [-0.2, -0.15) is 0 Å². The summed E-state index contributed by atoms with van der Waals surface area (Å²) in [4.78, 5) is 20.3. The van der Waals surface area contributed by atoms with Gasteiger partial charge < -0.3 is 10.7 Å². The highest BCUT2D eigenvalue weighted by molar-refractivity contribution is 7.99. The maximum Gasteiger partial charge on any atom is 0.266 e. The smallest absolute Gasteiger partial charge is 0.266 e. The third-order valence-corrected chi connectivity index (χ3v) is 4.70. The quantitative estimate of drug-likeness (QED) is 0.755. The number of carbonyl (C=O) groups is 1. The van der Waals surface area contributed by atoms with Crippen LogP contribution < -0.4 is 5.73 Å². The van der Waals surface area contributed by atoms with Crippen LogP contribution in [0.4, 0.5) is 0 Å². The van der Waals surface area contributed by atoms with Crippen molar-refractivity contribution in [1.29, 1.82) is 0 Å². The van der Waals surface area contributed by atoms with Gasteiger partial charge in [-0.05, 0) is 30.3 Å². The van der Waals surface area contributed by atoms with Gasteiger partial charge in [0.05, 0.1) is 15.4 Å². The second-order valence-corrected chi connectivity index (χ2v) is 6.17. The molecule has 0 atom stereocenters. The van der Waals surface area contributed by atoms with E-state index in [2.05, 4.69) is 9.97 Å². The first-order chi connectivity index (χ1) is 10.1. The fourth-order valence-corrected chi connectivity index (χ4v) is 3.49. The molecule has 1 amide bonds. The number of primary amides is 1. The van der Waals surface area contributed by atoms with Crippen molar-refractivity contribution in [2.45, 2.75) is 9.79 Å². The Bertz CT molecular complexity index is 847. The van der Waals surface area contributed by atoms with E-state index in [0.717, 1.165) is 10.4 Å². The maximum atomic E-state index is 11.6. The number of carbonyl (C=O) groups excluding carboxylic acids is 1. The fraction of sp³-hybridized carbons (Fsp3) is 0. The lowest BCUT2D eigenvalue weighted by atomic mass is 10.3. The molecule has 0 fully saturated rings. The van der Waals surface area contributed by atoms with Crippen LogP contribution in [0.5, 0.6) is 0 Å². The van der Waals surface area contributed by atoms with Crippen molar-refractivity contribution in [3.05, 3.63) is 52.3 Å². The van der Waals surface area contributed by atoms with Crippen LogP contribution in [0.15, 0.2) is 46.3 Å². The number of pyridine rings is 1. The van der Waals surface area contributed by atoms with Gasteiger partial charge in [-0.25, -0.2) is 0 Å². The summed E-state index contributed by atoms with van der Waals surface area (Å²) in [5, 5.41) is 1.06. The number of halogens is 2. The average molecular weight is 338 g/mol. The Morgan fingerprint density at radius 1 is 1.29 bits per heavy atom. The molecule has 0 saturated carbocycles. The van der Waals surface area contributed by atoms with Crippen molar-refractivity contribution < 1.29 is 4.79 Å². The Morgan fingerprint density at radius 3 is 2.81 bits per heavy atom. The van der Waals surface area contributed by atoms with Crippen molar-refractivity contribution in [3.8, 4) is 0 Å². The number of rotatable bonds is 3. The first kappa shape index (κ1) is 14.3. The topological polar surface area (TPSA) is 71.8 Å². The number of fused-ring (bicyclic) bond motifs is 1. The molecule has 0 saturated heterocycles. The Labute approximate surface area is 134 Å². The Kier molecular flexibility index (Phi) is 3.80. The first-order valence-corrected chi connectivity index (χ1v) is 7.53. The fourth-order valence-electron chi connectivity index (χ4n) is 1.94. The number of benzene rings is 1. The van der Waals surface area contributed by atoms with Gasteiger partial charge in [0.15, 0.2) is 0 Å². The Balaban J connectivity index is 2.14. The average Bonchev–Trinajstić information content (AvgIpc) is 2.81. The predicted molar refractivity (Wildman–Crippen MR) is 85.2 cm³/mol. The van der Waals surface area contributed by atoms with E-state index in [1.165, 1.54) is 11.8 Å². The van der Waals surface area contributed by atoms with Crippen LogP contribution in [0.1, 0.15) is 10.5 Å². The van der Waals surface area contributed by atoms with Gasteiger partial charge in [-0.15, -0.1) is 0 Å². The normalized spacial score (nSPS) is 11.0. The van der Waals surface area contributed by atoms with E-state index in [1.807, 2.05) is 6.07 Å². The van der Waals surface area contributed by atoms with E-state index in [4.69, 9.17) is 28.9 Å². The molecule has 2 heterocycles. The van der Waals surface area contributed by atoms with Crippen LogP contribution in [-0.4, -0.2) is 15.9 Å². The molecule has 1 aromatic carbocycles. The third-order valence-electron chi connectivity index (χ3n) is 2.86. The Hall–Kier alpha value is -1.69. The molecule has 0 unspecified atom stereocenters. The summed E-state index contributed by atoms with van der Waals surface area (Å²) in [6.45, 7) is 0. The zero-order chi connectivity index (χ0) is 15.0. The van der Waals surface area contributed by atoms with Crippen LogP contribution in [0, 0.1) is 0 Å². The third kappa shape index (κ3) is 2.72. The minimum absolute atomic E-state index is 0.319. The standard InChI is InChI=1S/C14H9Cl2N3OS/c15-7-3-4-10(8(16)6-7)21-13-11-9(2-1-5-18-11)19-12(13)14(17)20/h1-6,19H,(H2,17,20). The lowest BCUT2D eigenvalue weighted by Gasteiger charge is -2.05. The van der Waals surface area contributed by atoms with Crippen molar-refractivity contribution in [3.63, 3.8) is 0 Å². The number of aromatic amines is 1. The van der Waals surface area contributed by atoms with Crippen molar-refractivity contribution >= 4 is 51.9 Å². The molecule has 21 heavy (non-hydrogen) atoms. The van der Waals surface area contributed by atoms with Gasteiger partial charge >= 0.3 is 0 Å². The van der Waals surface area contributed by atoms with Crippen LogP contribution in [-0.2, 0) is 0 Å². The van der Waals surface area contributed by atoms with Gasteiger partial charge in [0.1, 0.15) is 11.2 Å². The summed E-state index contributed by atoms with van der Waals surface area (Å²) in [5.74, 6) is -0.541. The van der Waals surface area contributed by atoms with Gasteiger partial charge in [-0.3, -0.25) is 9.78 Å². The summed E-state index contributed by atoms with van der Waals surface area (Å²) >= 11 is 13.4. The van der Waals surface area contributed by atoms with Crippen LogP contribution in [0.2, 0.25) is 10.0 Å². The summed E-state index contributed by atoms with van der Waals surface area (Å²) in [6, 6.07) is 8.80. The molecule has 0 spiro atoms. The predicted octanol–water partition coefficient (Wildman–Crippen LogP) is 4.12. The lowest BCUT2D eigenvalue weighted by molar-refractivity contribution is 0.0993. The van der Waals surface area contributed by atoms with Crippen molar-refractivity contribution in [2.24, 2.45) is 5.73 Å². The van der Waals surface area contributed by atoms with Crippen molar-refractivity contribution in [1.82, 2.24) is 9.97 Å². The second kappa shape index (κ2) is 5.60. The van der Waals surface area contributed by atoms with Crippen LogP contribution >= 0.6 is 35.0 Å². The minimum Gasteiger partial charge on any atom is -0.364 e. The number of nitrogens with two attached hydrogens (primary N) is 1. The molecule has 7 heteroatoms. The molecule has 0 bridgehead atoms. The molecule has 3 aromatic rings. The molecule has 4 nitrogen and oxygen atoms in total. The van der Waals surface area contributed by atoms with E-state index in [-0.39, 0.29) is 0 Å². The highest BCUT2D eigenvalue weighted by Gasteiger charge is 2.18. The SMILES string of the molecule is NC(=O)c1[nH]c2cccnc2c1Sc1ccc(Cl)cc1Cl. The highest BCUT2D eigenvalue weighted by atomic mass is 35.5. The van der Waals surface area contributed by atoms with E-state index in [9.17, 15) is 4.79 Å². The molecule has 0 aliphatic rings. The molecule has 3 N–H and O–H groups in total. The zero-order valence-electron chi connectivity index (χ0n) is 10.6. The first-order valence-electron chi connectivity index (χ1n) is 5.95. The molecule has 106 valence electrons.